The first-order chi connectivity index (χ1) is 13.0. The van der Waals surface area contributed by atoms with Crippen LogP contribution in [0.2, 0.25) is 0 Å². The van der Waals surface area contributed by atoms with Crippen LogP contribution in [0.15, 0.2) is 42.5 Å². The molecule has 8 heteroatoms. The molecule has 27 heavy (non-hydrogen) atoms. The van der Waals surface area contributed by atoms with Gasteiger partial charge in [-0.25, -0.2) is 4.79 Å². The molecule has 140 valence electrons. The maximum atomic E-state index is 12.1. The molecule has 0 bridgehead atoms. The summed E-state index contributed by atoms with van der Waals surface area (Å²) < 4.78 is 10.9. The van der Waals surface area contributed by atoms with Crippen LogP contribution in [0.3, 0.4) is 0 Å². The number of methoxy groups -OCH3 is 1. The Morgan fingerprint density at radius 3 is 2.74 bits per heavy atom. The van der Waals surface area contributed by atoms with E-state index in [-0.39, 0.29) is 0 Å². The molecule has 0 fully saturated rings. The molecular weight excluding hydrogens is 364 g/mol. The predicted molar refractivity (Wildman–Crippen MR) is 106 cm³/mol. The molecule has 0 spiro atoms. The van der Waals surface area contributed by atoms with Crippen LogP contribution < -0.4 is 20.1 Å². The average molecular weight is 384 g/mol. The molecule has 0 atom stereocenters. The fraction of sp³-hybridized carbons (Fsp3) is 0.211. The van der Waals surface area contributed by atoms with E-state index in [2.05, 4.69) is 20.8 Å². The van der Waals surface area contributed by atoms with Gasteiger partial charge in [0, 0.05) is 11.8 Å². The quantitative estimate of drug-likeness (QED) is 0.658. The molecule has 1 aromatic heterocycles. The Morgan fingerprint density at radius 2 is 1.93 bits per heavy atom. The number of amides is 2. The van der Waals surface area contributed by atoms with Crippen LogP contribution in [0.1, 0.15) is 16.1 Å². The summed E-state index contributed by atoms with van der Waals surface area (Å²) in [7, 11) is 1.57. The topological polar surface area (TPSA) is 85.4 Å². The standard InChI is InChI=1S/C19H20N4O3S/c1-12-6-4-9-16(13(12)2)26-11-17-22-23-19(27-17)21-18(24)20-14-7-5-8-15(10-14)25-3/h4-10H,11H2,1-3H3,(H2,20,21,23,24). The number of urea groups is 1. The largest absolute Gasteiger partial charge is 0.497 e. The molecule has 0 radical (unpaired) electrons. The summed E-state index contributed by atoms with van der Waals surface area (Å²) in [5.41, 5.74) is 2.88. The Balaban J connectivity index is 1.55. The van der Waals surface area contributed by atoms with Crippen molar-refractivity contribution in [2.45, 2.75) is 20.5 Å². The van der Waals surface area contributed by atoms with Crippen molar-refractivity contribution < 1.29 is 14.3 Å². The zero-order chi connectivity index (χ0) is 19.2. The Hall–Kier alpha value is -3.13. The number of hydrogen-bond donors (Lipinski definition) is 2. The minimum absolute atomic E-state index is 0.293. The monoisotopic (exact) mass is 384 g/mol. The third-order valence-electron chi connectivity index (χ3n) is 3.92. The number of carbonyl (C=O) groups excluding carboxylic acids is 1. The highest BCUT2D eigenvalue weighted by molar-refractivity contribution is 7.15. The Kier molecular flexibility index (Phi) is 5.87. The van der Waals surface area contributed by atoms with Gasteiger partial charge in [0.05, 0.1) is 7.11 Å². The average Bonchev–Trinajstić information content (AvgIpc) is 3.10. The normalized spacial score (nSPS) is 10.3. The van der Waals surface area contributed by atoms with Gasteiger partial charge in [0.15, 0.2) is 5.01 Å². The van der Waals surface area contributed by atoms with E-state index < -0.39 is 6.03 Å². The fourth-order valence-electron chi connectivity index (χ4n) is 2.34. The second kappa shape index (κ2) is 8.50. The van der Waals surface area contributed by atoms with Gasteiger partial charge < -0.3 is 14.8 Å². The minimum Gasteiger partial charge on any atom is -0.497 e. The second-order valence-electron chi connectivity index (χ2n) is 5.80. The SMILES string of the molecule is COc1cccc(NC(=O)Nc2nnc(COc3cccc(C)c3C)s2)c1. The van der Waals surface area contributed by atoms with Gasteiger partial charge in [-0.3, -0.25) is 5.32 Å². The van der Waals surface area contributed by atoms with E-state index in [4.69, 9.17) is 9.47 Å². The van der Waals surface area contributed by atoms with Crippen molar-refractivity contribution in [1.82, 2.24) is 10.2 Å². The number of nitrogens with zero attached hydrogens (tertiary/aromatic N) is 2. The smallest absolute Gasteiger partial charge is 0.325 e. The number of anilines is 2. The van der Waals surface area contributed by atoms with E-state index in [1.165, 1.54) is 16.9 Å². The summed E-state index contributed by atoms with van der Waals surface area (Å²) in [5, 5.41) is 14.5. The number of aromatic nitrogens is 2. The third-order valence-corrected chi connectivity index (χ3v) is 4.73. The lowest BCUT2D eigenvalue weighted by Crippen LogP contribution is -2.19. The van der Waals surface area contributed by atoms with Gasteiger partial charge in [-0.15, -0.1) is 10.2 Å². The third kappa shape index (κ3) is 4.95. The van der Waals surface area contributed by atoms with Crippen LogP contribution in [0, 0.1) is 13.8 Å². The first-order valence-corrected chi connectivity index (χ1v) is 9.10. The first-order valence-electron chi connectivity index (χ1n) is 8.28. The number of rotatable bonds is 6. The predicted octanol–water partition coefficient (Wildman–Crippen LogP) is 4.39. The molecule has 0 aliphatic rings. The van der Waals surface area contributed by atoms with Gasteiger partial charge in [-0.2, -0.15) is 0 Å². The van der Waals surface area contributed by atoms with Crippen LogP contribution in [0.4, 0.5) is 15.6 Å². The van der Waals surface area contributed by atoms with Gasteiger partial charge in [0.2, 0.25) is 5.13 Å². The maximum Gasteiger partial charge on any atom is 0.325 e. The second-order valence-corrected chi connectivity index (χ2v) is 6.86. The number of nitrogens with one attached hydrogen (secondary N) is 2. The molecule has 2 aromatic carbocycles. The summed E-state index contributed by atoms with van der Waals surface area (Å²) in [6, 6.07) is 12.6. The van der Waals surface area contributed by atoms with Gasteiger partial charge in [-0.1, -0.05) is 29.5 Å². The van der Waals surface area contributed by atoms with E-state index >= 15 is 0 Å². The van der Waals surface area contributed by atoms with Gasteiger partial charge in [0.25, 0.3) is 0 Å². The Morgan fingerprint density at radius 1 is 1.11 bits per heavy atom. The Bertz CT molecular complexity index is 942. The molecule has 7 nitrogen and oxygen atoms in total. The number of benzene rings is 2. The zero-order valence-corrected chi connectivity index (χ0v) is 16.1. The molecule has 2 amide bonds. The van der Waals surface area contributed by atoms with Gasteiger partial charge in [0.1, 0.15) is 18.1 Å². The lowest BCUT2D eigenvalue weighted by Gasteiger charge is -2.09. The van der Waals surface area contributed by atoms with E-state index in [0.717, 1.165) is 11.3 Å². The molecule has 0 saturated carbocycles. The molecule has 3 rings (SSSR count). The van der Waals surface area contributed by atoms with Crippen LogP contribution in [-0.2, 0) is 6.61 Å². The summed E-state index contributed by atoms with van der Waals surface area (Å²) in [5.74, 6) is 1.48. The first kappa shape index (κ1) is 18.7. The number of ether oxygens (including phenoxy) is 2. The number of carbonyl (C=O) groups is 1. The molecule has 3 aromatic rings. The summed E-state index contributed by atoms with van der Waals surface area (Å²) in [6.45, 7) is 4.35. The highest BCUT2D eigenvalue weighted by atomic mass is 32.1. The van der Waals surface area contributed by atoms with E-state index in [9.17, 15) is 4.79 Å². The van der Waals surface area contributed by atoms with Crippen molar-refractivity contribution >= 4 is 28.2 Å². The fourth-order valence-corrected chi connectivity index (χ4v) is 2.99. The van der Waals surface area contributed by atoms with Crippen molar-refractivity contribution in [2.24, 2.45) is 0 Å². The van der Waals surface area contributed by atoms with E-state index in [1.54, 1.807) is 31.4 Å². The molecule has 0 unspecified atom stereocenters. The zero-order valence-electron chi connectivity index (χ0n) is 15.3. The lowest BCUT2D eigenvalue weighted by atomic mass is 10.1. The highest BCUT2D eigenvalue weighted by Gasteiger charge is 2.10. The molecule has 0 saturated heterocycles. The molecule has 1 heterocycles. The Labute approximate surface area is 161 Å². The van der Waals surface area contributed by atoms with E-state index in [1.807, 2.05) is 32.0 Å². The minimum atomic E-state index is -0.401. The summed E-state index contributed by atoms with van der Waals surface area (Å²) >= 11 is 1.26. The summed E-state index contributed by atoms with van der Waals surface area (Å²) in [6.07, 6.45) is 0. The molecule has 2 N–H and O–H groups in total. The molecular formula is C19H20N4O3S. The van der Waals surface area contributed by atoms with Crippen LogP contribution in [0.5, 0.6) is 11.5 Å². The van der Waals surface area contributed by atoms with E-state index in [0.29, 0.717) is 28.2 Å². The van der Waals surface area contributed by atoms with Crippen molar-refractivity contribution in [3.8, 4) is 11.5 Å². The molecule has 0 aliphatic heterocycles. The lowest BCUT2D eigenvalue weighted by molar-refractivity contribution is 0.262. The van der Waals surface area contributed by atoms with Crippen molar-refractivity contribution in [2.75, 3.05) is 17.7 Å². The maximum absolute atomic E-state index is 12.1. The van der Waals surface area contributed by atoms with Gasteiger partial charge >= 0.3 is 6.03 Å². The van der Waals surface area contributed by atoms with Crippen molar-refractivity contribution in [3.05, 3.63) is 58.6 Å². The highest BCUT2D eigenvalue weighted by Crippen LogP contribution is 2.23. The van der Waals surface area contributed by atoms with Crippen LogP contribution in [0.25, 0.3) is 0 Å². The van der Waals surface area contributed by atoms with Gasteiger partial charge in [-0.05, 0) is 43.2 Å². The number of aryl methyl sites for hydroxylation is 1. The summed E-state index contributed by atoms with van der Waals surface area (Å²) in [4.78, 5) is 12.1. The number of hydrogen-bond acceptors (Lipinski definition) is 6. The molecule has 0 aliphatic carbocycles. The van der Waals surface area contributed by atoms with Crippen LogP contribution in [-0.4, -0.2) is 23.3 Å². The van der Waals surface area contributed by atoms with Crippen molar-refractivity contribution in [3.63, 3.8) is 0 Å². The van der Waals surface area contributed by atoms with Crippen molar-refractivity contribution in [1.29, 1.82) is 0 Å². The van der Waals surface area contributed by atoms with Crippen LogP contribution >= 0.6 is 11.3 Å².